The molecule has 122 valence electrons. The number of fused-ring (bicyclic) bond motifs is 3. The molecule has 2 atom stereocenters. The van der Waals surface area contributed by atoms with E-state index < -0.39 is 0 Å². The summed E-state index contributed by atoms with van der Waals surface area (Å²) in [4.78, 5) is 0. The molecule has 0 saturated heterocycles. The smallest absolute Gasteiger partial charge is 0.115 e. The van der Waals surface area contributed by atoms with Crippen molar-refractivity contribution in [3.05, 3.63) is 59.7 Å². The Morgan fingerprint density at radius 3 is 2.52 bits per heavy atom. The van der Waals surface area contributed by atoms with E-state index in [9.17, 15) is 0 Å². The first-order chi connectivity index (χ1) is 11.3. The van der Waals surface area contributed by atoms with Crippen molar-refractivity contribution < 1.29 is 5.11 Å². The molecule has 1 saturated carbocycles. The zero-order chi connectivity index (χ0) is 16.1. The molecular formula is C21H27NO. The Balaban J connectivity index is 0.000000188. The van der Waals surface area contributed by atoms with Crippen molar-refractivity contribution in [3.8, 4) is 5.75 Å². The molecule has 1 fully saturated rings. The number of hydrogen-bond donors (Lipinski definition) is 2. The minimum atomic E-state index is 0.322. The van der Waals surface area contributed by atoms with Crippen LogP contribution in [0, 0.1) is 5.92 Å². The number of aromatic hydroxyl groups is 1. The molecule has 4 rings (SSSR count). The summed E-state index contributed by atoms with van der Waals surface area (Å²) in [5.41, 5.74) is 4.50. The Bertz CT molecular complexity index is 623. The van der Waals surface area contributed by atoms with Gasteiger partial charge in [-0.15, -0.1) is 0 Å². The van der Waals surface area contributed by atoms with Crippen LogP contribution in [0.5, 0.6) is 5.75 Å². The Hall–Kier alpha value is -1.96. The van der Waals surface area contributed by atoms with Crippen LogP contribution in [0.3, 0.4) is 0 Å². The predicted octanol–water partition coefficient (Wildman–Crippen LogP) is 5.34. The molecule has 0 aromatic heterocycles. The van der Waals surface area contributed by atoms with Gasteiger partial charge < -0.3 is 10.4 Å². The maximum atomic E-state index is 8.63. The molecule has 0 spiro atoms. The Kier molecular flexibility index (Phi) is 5.22. The molecule has 1 heterocycles. The van der Waals surface area contributed by atoms with Crippen molar-refractivity contribution in [1.29, 1.82) is 0 Å². The van der Waals surface area contributed by atoms with Crippen molar-refractivity contribution in [2.24, 2.45) is 5.92 Å². The van der Waals surface area contributed by atoms with Crippen molar-refractivity contribution >= 4 is 5.69 Å². The van der Waals surface area contributed by atoms with Crippen LogP contribution in [0.25, 0.3) is 0 Å². The van der Waals surface area contributed by atoms with E-state index in [1.165, 1.54) is 43.5 Å². The highest BCUT2D eigenvalue weighted by atomic mass is 16.3. The maximum Gasteiger partial charge on any atom is 0.115 e. The molecule has 2 aromatic rings. The lowest BCUT2D eigenvalue weighted by Gasteiger charge is -2.38. The summed E-state index contributed by atoms with van der Waals surface area (Å²) in [6.07, 6.45) is 6.85. The first-order valence-corrected chi connectivity index (χ1v) is 8.88. The van der Waals surface area contributed by atoms with Crippen LogP contribution in [0.4, 0.5) is 5.69 Å². The van der Waals surface area contributed by atoms with Gasteiger partial charge >= 0.3 is 0 Å². The summed E-state index contributed by atoms with van der Waals surface area (Å²) >= 11 is 0. The molecule has 1 aliphatic heterocycles. The van der Waals surface area contributed by atoms with E-state index in [-0.39, 0.29) is 0 Å². The largest absolute Gasteiger partial charge is 0.508 e. The van der Waals surface area contributed by atoms with Crippen LogP contribution in [0.1, 0.15) is 49.7 Å². The minimum Gasteiger partial charge on any atom is -0.508 e. The minimum absolute atomic E-state index is 0.322. The highest BCUT2D eigenvalue weighted by Crippen LogP contribution is 2.44. The van der Waals surface area contributed by atoms with Crippen molar-refractivity contribution in [2.45, 2.75) is 44.9 Å². The normalized spacial score (nSPS) is 22.0. The molecule has 23 heavy (non-hydrogen) atoms. The highest BCUT2D eigenvalue weighted by Gasteiger charge is 2.31. The average molecular weight is 309 g/mol. The Labute approximate surface area is 139 Å². The van der Waals surface area contributed by atoms with Gasteiger partial charge in [-0.1, -0.05) is 50.1 Å². The predicted molar refractivity (Wildman–Crippen MR) is 97.1 cm³/mol. The van der Waals surface area contributed by atoms with Gasteiger partial charge in [0.25, 0.3) is 0 Å². The molecule has 1 aliphatic carbocycles. The summed E-state index contributed by atoms with van der Waals surface area (Å²) in [6.45, 7) is 3.44. The van der Waals surface area contributed by atoms with Crippen molar-refractivity contribution in [2.75, 3.05) is 11.9 Å². The van der Waals surface area contributed by atoms with Gasteiger partial charge in [-0.05, 0) is 60.4 Å². The monoisotopic (exact) mass is 309 g/mol. The number of phenols is 1. The molecule has 0 bridgehead atoms. The summed E-state index contributed by atoms with van der Waals surface area (Å²) in [7, 11) is 0. The van der Waals surface area contributed by atoms with E-state index in [0.29, 0.717) is 5.75 Å². The number of benzene rings is 2. The average Bonchev–Trinajstić information content (AvgIpc) is 2.62. The SMILES string of the molecule is CCc1ccc2c(c1)C1CCCCC1CN2.Oc1ccccc1. The molecule has 2 unspecified atom stereocenters. The number of hydrogen-bond acceptors (Lipinski definition) is 2. The van der Waals surface area contributed by atoms with Gasteiger partial charge in [0.1, 0.15) is 5.75 Å². The quantitative estimate of drug-likeness (QED) is 0.745. The van der Waals surface area contributed by atoms with Crippen LogP contribution in [0.2, 0.25) is 0 Å². The first kappa shape index (κ1) is 15.9. The lowest BCUT2D eigenvalue weighted by molar-refractivity contribution is 0.313. The third-order valence-corrected chi connectivity index (χ3v) is 5.14. The van der Waals surface area contributed by atoms with E-state index in [1.54, 1.807) is 29.8 Å². The zero-order valence-corrected chi connectivity index (χ0v) is 14.0. The Morgan fingerprint density at radius 2 is 1.83 bits per heavy atom. The fourth-order valence-corrected chi connectivity index (χ4v) is 3.83. The van der Waals surface area contributed by atoms with Gasteiger partial charge in [0.05, 0.1) is 0 Å². The topological polar surface area (TPSA) is 32.3 Å². The second kappa shape index (κ2) is 7.54. The van der Waals surface area contributed by atoms with E-state index in [1.807, 2.05) is 6.07 Å². The summed E-state index contributed by atoms with van der Waals surface area (Å²) in [5.74, 6) is 2.06. The maximum absolute atomic E-state index is 8.63. The van der Waals surface area contributed by atoms with Gasteiger partial charge in [-0.3, -0.25) is 0 Å². The number of rotatable bonds is 1. The van der Waals surface area contributed by atoms with Gasteiger partial charge in [0, 0.05) is 12.2 Å². The number of anilines is 1. The first-order valence-electron chi connectivity index (χ1n) is 8.88. The van der Waals surface area contributed by atoms with E-state index >= 15 is 0 Å². The molecule has 2 heteroatoms. The molecular weight excluding hydrogens is 282 g/mol. The van der Waals surface area contributed by atoms with Crippen LogP contribution in [0.15, 0.2) is 48.5 Å². The molecule has 0 amide bonds. The second-order valence-electron chi connectivity index (χ2n) is 6.64. The summed E-state index contributed by atoms with van der Waals surface area (Å²) in [6, 6.07) is 15.7. The number of phenolic OH excluding ortho intramolecular Hbond substituents is 1. The molecule has 2 aromatic carbocycles. The van der Waals surface area contributed by atoms with Crippen LogP contribution in [-0.4, -0.2) is 11.7 Å². The fraction of sp³-hybridized carbons (Fsp3) is 0.429. The third-order valence-electron chi connectivity index (χ3n) is 5.14. The van der Waals surface area contributed by atoms with Crippen LogP contribution >= 0.6 is 0 Å². The number of aryl methyl sites for hydroxylation is 1. The molecule has 2 aliphatic rings. The standard InChI is InChI=1S/C15H21N.C6H6O/c1-2-11-7-8-15-14(9-11)13-6-4-3-5-12(13)10-16-15;7-6-4-2-1-3-5-6/h7-9,12-13,16H,2-6,10H2,1H3;1-5,7H. The number of nitrogens with one attached hydrogen (secondary N) is 1. The van der Waals surface area contributed by atoms with Gasteiger partial charge in [-0.25, -0.2) is 0 Å². The Morgan fingerprint density at radius 1 is 1.04 bits per heavy atom. The van der Waals surface area contributed by atoms with Crippen LogP contribution < -0.4 is 5.32 Å². The lowest BCUT2D eigenvalue weighted by atomic mass is 9.73. The second-order valence-corrected chi connectivity index (χ2v) is 6.64. The van der Waals surface area contributed by atoms with Gasteiger partial charge in [-0.2, -0.15) is 0 Å². The van der Waals surface area contributed by atoms with Crippen LogP contribution in [-0.2, 0) is 6.42 Å². The van der Waals surface area contributed by atoms with E-state index in [0.717, 1.165) is 18.3 Å². The van der Waals surface area contributed by atoms with Crippen molar-refractivity contribution in [3.63, 3.8) is 0 Å². The number of para-hydroxylation sites is 1. The van der Waals surface area contributed by atoms with E-state index in [2.05, 4.69) is 30.4 Å². The zero-order valence-electron chi connectivity index (χ0n) is 14.0. The third kappa shape index (κ3) is 3.87. The summed E-state index contributed by atoms with van der Waals surface area (Å²) in [5, 5.41) is 12.2. The summed E-state index contributed by atoms with van der Waals surface area (Å²) < 4.78 is 0. The lowest BCUT2D eigenvalue weighted by Crippen LogP contribution is -2.30. The van der Waals surface area contributed by atoms with Gasteiger partial charge in [0.15, 0.2) is 0 Å². The van der Waals surface area contributed by atoms with Crippen molar-refractivity contribution in [1.82, 2.24) is 0 Å². The molecule has 2 nitrogen and oxygen atoms in total. The highest BCUT2D eigenvalue weighted by molar-refractivity contribution is 5.56. The molecule has 0 radical (unpaired) electrons. The fourth-order valence-electron chi connectivity index (χ4n) is 3.83. The molecule has 2 N–H and O–H groups in total. The van der Waals surface area contributed by atoms with E-state index in [4.69, 9.17) is 5.11 Å². The van der Waals surface area contributed by atoms with Gasteiger partial charge in [0.2, 0.25) is 0 Å².